The summed E-state index contributed by atoms with van der Waals surface area (Å²) >= 11 is 0. The van der Waals surface area contributed by atoms with Gasteiger partial charge in [0.05, 0.1) is 36.7 Å². The maximum Gasteiger partial charge on any atom is 0.297 e. The summed E-state index contributed by atoms with van der Waals surface area (Å²) in [4.78, 5) is 0.0604. The van der Waals surface area contributed by atoms with Crippen LogP contribution in [0.2, 0.25) is 0 Å². The van der Waals surface area contributed by atoms with Crippen molar-refractivity contribution in [1.82, 2.24) is 0 Å². The summed E-state index contributed by atoms with van der Waals surface area (Å²) in [7, 11) is -10.2. The monoisotopic (exact) mass is 641 g/mol. The van der Waals surface area contributed by atoms with Crippen LogP contribution in [0.4, 0.5) is 0 Å². The molecule has 0 amide bonds. The van der Waals surface area contributed by atoms with E-state index in [4.69, 9.17) is 9.44 Å². The van der Waals surface area contributed by atoms with Gasteiger partial charge in [-0.25, -0.2) is 0 Å². The van der Waals surface area contributed by atoms with E-state index < -0.39 is 37.0 Å². The molecule has 0 saturated carbocycles. The van der Waals surface area contributed by atoms with Crippen LogP contribution in [0.1, 0.15) is 104 Å². The number of unbranched alkanes of at least 4 members (excludes halogenated alkanes) is 13. The quantitative estimate of drug-likeness (QED) is 0.110. The Morgan fingerprint density at radius 2 is 1.02 bits per heavy atom. The Morgan fingerprint density at radius 1 is 0.610 bits per heavy atom. The Morgan fingerprint density at radius 3 is 1.37 bits per heavy atom. The minimum Gasteiger partial charge on any atom is -0.271 e. The van der Waals surface area contributed by atoms with E-state index >= 15 is 0 Å². The Labute approximate surface area is 250 Å². The van der Waals surface area contributed by atoms with E-state index in [1.165, 1.54) is 89.2 Å². The van der Waals surface area contributed by atoms with Gasteiger partial charge in [0.2, 0.25) is 0 Å². The second-order valence-electron chi connectivity index (χ2n) is 9.42. The molecule has 0 aliphatic rings. The number of hydrogen-bond acceptors (Lipinski definition) is 10. The Kier molecular flexibility index (Phi) is 26.5. The fourth-order valence-electron chi connectivity index (χ4n) is 3.48. The molecule has 0 aromatic heterocycles. The van der Waals surface area contributed by atoms with Gasteiger partial charge in [-0.2, -0.15) is 30.5 Å². The van der Waals surface area contributed by atoms with Crippen LogP contribution in [-0.2, 0) is 42.9 Å². The molecule has 13 heteroatoms. The Bertz CT molecular complexity index is 1100. The fourth-order valence-corrected chi connectivity index (χ4v) is 5.16. The van der Waals surface area contributed by atoms with Crippen LogP contribution in [0.25, 0.3) is 0 Å². The smallest absolute Gasteiger partial charge is 0.271 e. The van der Waals surface area contributed by atoms with E-state index in [2.05, 4.69) is 15.3 Å². The van der Waals surface area contributed by atoms with Crippen LogP contribution in [0.5, 0.6) is 0 Å². The highest BCUT2D eigenvalue weighted by Gasteiger charge is 2.13. The summed E-state index contributed by atoms with van der Waals surface area (Å²) in [5.41, 5.74) is 0. The standard InChI is InChI=1S/C17H36O3S.C8H7NO3S.C3H8O3S/c1-3-4-5-6-7-8-9-10-11-12-13-14-15-16-17-20-21(2,18)19;9-6-7-12-13(10,11)8-4-2-1-3-5-8;1-3-6-7(2,4)5/h3-17H2,1-2H3;1-5H,7H2;3H2,1-2H3. The van der Waals surface area contributed by atoms with E-state index in [-0.39, 0.29) is 11.5 Å². The molecule has 0 atom stereocenters. The van der Waals surface area contributed by atoms with Crippen LogP contribution in [0.3, 0.4) is 0 Å². The van der Waals surface area contributed by atoms with Crippen LogP contribution in [0.15, 0.2) is 35.2 Å². The van der Waals surface area contributed by atoms with E-state index in [0.29, 0.717) is 6.61 Å². The summed E-state index contributed by atoms with van der Waals surface area (Å²) < 4.78 is 77.2. The van der Waals surface area contributed by atoms with E-state index in [1.54, 1.807) is 31.2 Å². The molecule has 41 heavy (non-hydrogen) atoms. The van der Waals surface area contributed by atoms with Crippen LogP contribution < -0.4 is 0 Å². The third-order valence-electron chi connectivity index (χ3n) is 5.44. The normalized spacial score (nSPS) is 11.5. The van der Waals surface area contributed by atoms with E-state index in [0.717, 1.165) is 25.4 Å². The zero-order valence-electron chi connectivity index (χ0n) is 25.3. The summed E-state index contributed by atoms with van der Waals surface area (Å²) in [5.74, 6) is 0. The van der Waals surface area contributed by atoms with Crippen molar-refractivity contribution < 1.29 is 37.8 Å². The maximum atomic E-state index is 11.2. The Hall–Kier alpha value is -1.56. The van der Waals surface area contributed by atoms with Crippen molar-refractivity contribution in [3.8, 4) is 6.07 Å². The average molecular weight is 642 g/mol. The second kappa shape index (κ2) is 26.1. The molecule has 0 saturated heterocycles. The zero-order valence-corrected chi connectivity index (χ0v) is 27.7. The molecule has 1 aromatic carbocycles. The lowest BCUT2D eigenvalue weighted by molar-refractivity contribution is 0.309. The zero-order chi connectivity index (χ0) is 31.5. The number of benzene rings is 1. The van der Waals surface area contributed by atoms with Gasteiger partial charge in [-0.05, 0) is 25.5 Å². The first-order valence-electron chi connectivity index (χ1n) is 14.3. The van der Waals surface area contributed by atoms with Crippen molar-refractivity contribution in [3.05, 3.63) is 30.3 Å². The lowest BCUT2D eigenvalue weighted by Crippen LogP contribution is -2.06. The third kappa shape index (κ3) is 32.8. The molecule has 1 rings (SSSR count). The van der Waals surface area contributed by atoms with Crippen LogP contribution >= 0.6 is 0 Å². The maximum absolute atomic E-state index is 11.2. The number of nitrogens with zero attached hydrogens (tertiary/aromatic N) is 1. The van der Waals surface area contributed by atoms with Gasteiger partial charge in [-0.1, -0.05) is 109 Å². The molecule has 0 N–H and O–H groups in total. The lowest BCUT2D eigenvalue weighted by atomic mass is 10.0. The minimum absolute atomic E-state index is 0.0604. The summed E-state index contributed by atoms with van der Waals surface area (Å²) in [6.07, 6.45) is 20.4. The van der Waals surface area contributed by atoms with Gasteiger partial charge in [0, 0.05) is 0 Å². The number of hydrogen-bond donors (Lipinski definition) is 0. The van der Waals surface area contributed by atoms with Crippen molar-refractivity contribution in [2.24, 2.45) is 0 Å². The van der Waals surface area contributed by atoms with E-state index in [9.17, 15) is 25.3 Å². The molecule has 0 spiro atoms. The second-order valence-corrected chi connectivity index (χ2v) is 14.3. The SMILES string of the molecule is CCCCCCCCCCCCCCCCOS(C)(=O)=O.CCOS(C)(=O)=O.N#CCOS(=O)(=O)c1ccccc1. The molecule has 10 nitrogen and oxygen atoms in total. The van der Waals surface area contributed by atoms with Crippen molar-refractivity contribution in [2.75, 3.05) is 32.3 Å². The molecule has 0 bridgehead atoms. The molecular formula is C28H51NO9S3. The predicted octanol–water partition coefficient (Wildman–Crippen LogP) is 6.34. The fraction of sp³-hybridized carbons (Fsp3) is 0.750. The molecular weight excluding hydrogens is 591 g/mol. The molecule has 0 unspecified atom stereocenters. The van der Waals surface area contributed by atoms with Crippen molar-refractivity contribution >= 4 is 30.4 Å². The number of rotatable bonds is 21. The third-order valence-corrected chi connectivity index (χ3v) is 7.97. The van der Waals surface area contributed by atoms with Gasteiger partial charge in [-0.15, -0.1) is 0 Å². The topological polar surface area (TPSA) is 154 Å². The highest BCUT2D eigenvalue weighted by Crippen LogP contribution is 2.13. The van der Waals surface area contributed by atoms with Gasteiger partial charge < -0.3 is 0 Å². The minimum atomic E-state index is -3.74. The first-order chi connectivity index (χ1) is 19.3. The first kappa shape index (κ1) is 41.6. The van der Waals surface area contributed by atoms with Gasteiger partial charge in [-0.3, -0.25) is 12.5 Å². The average Bonchev–Trinajstić information content (AvgIpc) is 2.90. The first-order valence-corrected chi connectivity index (χ1v) is 19.3. The molecule has 240 valence electrons. The molecule has 0 fully saturated rings. The molecule has 0 heterocycles. The predicted molar refractivity (Wildman–Crippen MR) is 163 cm³/mol. The molecule has 0 radical (unpaired) electrons. The highest BCUT2D eigenvalue weighted by molar-refractivity contribution is 7.87. The van der Waals surface area contributed by atoms with Gasteiger partial charge >= 0.3 is 0 Å². The summed E-state index contributed by atoms with van der Waals surface area (Å²) in [6.45, 7) is 3.99. The molecule has 0 aliphatic carbocycles. The lowest BCUT2D eigenvalue weighted by Gasteiger charge is -2.03. The summed E-state index contributed by atoms with van der Waals surface area (Å²) in [5, 5.41) is 8.14. The highest BCUT2D eigenvalue weighted by atomic mass is 32.2. The largest absolute Gasteiger partial charge is 0.297 e. The van der Waals surface area contributed by atoms with Crippen molar-refractivity contribution in [1.29, 1.82) is 5.26 Å². The number of nitriles is 1. The van der Waals surface area contributed by atoms with E-state index in [1.807, 2.05) is 0 Å². The van der Waals surface area contributed by atoms with Crippen molar-refractivity contribution in [2.45, 2.75) is 109 Å². The van der Waals surface area contributed by atoms with Gasteiger partial charge in [0.1, 0.15) is 0 Å². The van der Waals surface area contributed by atoms with Crippen LogP contribution in [-0.4, -0.2) is 57.6 Å². The van der Waals surface area contributed by atoms with Crippen molar-refractivity contribution in [3.63, 3.8) is 0 Å². The van der Waals surface area contributed by atoms with Crippen LogP contribution in [0, 0.1) is 11.3 Å². The van der Waals surface area contributed by atoms with Gasteiger partial charge in [0.15, 0.2) is 6.61 Å². The van der Waals surface area contributed by atoms with Gasteiger partial charge in [0.25, 0.3) is 30.4 Å². The molecule has 1 aromatic rings. The Balaban J connectivity index is 0. The summed E-state index contributed by atoms with van der Waals surface area (Å²) in [6, 6.07) is 9.28. The molecule has 0 aliphatic heterocycles.